The summed E-state index contributed by atoms with van der Waals surface area (Å²) in [5.41, 5.74) is 9.43. The molecule has 2 rings (SSSR count). The van der Waals surface area contributed by atoms with Crippen molar-refractivity contribution in [3.8, 4) is 0 Å². The van der Waals surface area contributed by atoms with Gasteiger partial charge in [0.2, 0.25) is 0 Å². The monoisotopic (exact) mass is 258 g/mol. The summed E-state index contributed by atoms with van der Waals surface area (Å²) in [6.45, 7) is 5.02. The van der Waals surface area contributed by atoms with Crippen molar-refractivity contribution >= 4 is 11.4 Å². The van der Waals surface area contributed by atoms with Crippen LogP contribution in [0.4, 0.5) is 15.8 Å². The summed E-state index contributed by atoms with van der Waals surface area (Å²) in [5.74, 6) is 0.221. The number of nitrogen functional groups attached to an aromatic ring is 1. The van der Waals surface area contributed by atoms with Crippen molar-refractivity contribution in [2.75, 3.05) is 11.1 Å². The summed E-state index contributed by atoms with van der Waals surface area (Å²) < 4.78 is 12.9. The number of hydrogen-bond acceptors (Lipinski definition) is 2. The minimum atomic E-state index is -0.315. The summed E-state index contributed by atoms with van der Waals surface area (Å²) in [6, 6.07) is 12.9. The maximum atomic E-state index is 12.9. The molecule has 100 valence electrons. The average molecular weight is 258 g/mol. The molecule has 0 amide bonds. The molecular weight excluding hydrogens is 239 g/mol. The highest BCUT2D eigenvalue weighted by Gasteiger charge is 2.02. The van der Waals surface area contributed by atoms with Gasteiger partial charge in [0.1, 0.15) is 5.82 Å². The topological polar surface area (TPSA) is 38.0 Å². The van der Waals surface area contributed by atoms with E-state index in [4.69, 9.17) is 5.73 Å². The van der Waals surface area contributed by atoms with Crippen molar-refractivity contribution in [2.24, 2.45) is 0 Å². The van der Waals surface area contributed by atoms with Crippen LogP contribution in [0.15, 0.2) is 42.5 Å². The Morgan fingerprint density at radius 2 is 1.79 bits per heavy atom. The zero-order chi connectivity index (χ0) is 13.8. The van der Waals surface area contributed by atoms with Gasteiger partial charge in [-0.25, -0.2) is 4.39 Å². The zero-order valence-electron chi connectivity index (χ0n) is 11.3. The molecular formula is C16H19FN2. The first kappa shape index (κ1) is 13.4. The van der Waals surface area contributed by atoms with Gasteiger partial charge in [-0.1, -0.05) is 38.1 Å². The fourth-order valence-corrected chi connectivity index (χ4v) is 1.91. The Bertz CT molecular complexity index is 547. The number of anilines is 2. The lowest BCUT2D eigenvalue weighted by atomic mass is 10.0. The maximum absolute atomic E-state index is 12.9. The summed E-state index contributed by atoms with van der Waals surface area (Å²) in [7, 11) is 0. The van der Waals surface area contributed by atoms with Gasteiger partial charge in [0, 0.05) is 6.54 Å². The first-order valence-corrected chi connectivity index (χ1v) is 6.44. The van der Waals surface area contributed by atoms with Gasteiger partial charge in [0.25, 0.3) is 0 Å². The van der Waals surface area contributed by atoms with Crippen LogP contribution in [0.1, 0.15) is 30.9 Å². The minimum Gasteiger partial charge on any atom is -0.397 e. The molecule has 0 atom stereocenters. The van der Waals surface area contributed by atoms with Crippen molar-refractivity contribution in [2.45, 2.75) is 26.3 Å². The molecule has 0 bridgehead atoms. The lowest BCUT2D eigenvalue weighted by Crippen LogP contribution is -2.03. The third-order valence-electron chi connectivity index (χ3n) is 3.14. The standard InChI is InChI=1S/C16H19FN2/c1-11(2)13-5-3-12(4-6-13)10-19-16-8-7-14(17)9-15(16)18/h3-9,11,19H,10,18H2,1-2H3. The van der Waals surface area contributed by atoms with Crippen LogP contribution < -0.4 is 11.1 Å². The van der Waals surface area contributed by atoms with Gasteiger partial charge in [-0.15, -0.1) is 0 Å². The second-order valence-corrected chi connectivity index (χ2v) is 4.98. The van der Waals surface area contributed by atoms with Crippen molar-refractivity contribution in [3.63, 3.8) is 0 Å². The molecule has 0 heterocycles. The molecule has 0 aliphatic heterocycles. The van der Waals surface area contributed by atoms with E-state index in [9.17, 15) is 4.39 Å². The molecule has 0 saturated carbocycles. The van der Waals surface area contributed by atoms with Crippen LogP contribution in [0.2, 0.25) is 0 Å². The van der Waals surface area contributed by atoms with Gasteiger partial charge in [0.05, 0.1) is 11.4 Å². The Morgan fingerprint density at radius 1 is 1.11 bits per heavy atom. The summed E-state index contributed by atoms with van der Waals surface area (Å²) in [6.07, 6.45) is 0. The van der Waals surface area contributed by atoms with Crippen molar-refractivity contribution in [1.82, 2.24) is 0 Å². The van der Waals surface area contributed by atoms with Crippen LogP contribution in [0.5, 0.6) is 0 Å². The third kappa shape index (κ3) is 3.47. The van der Waals surface area contributed by atoms with E-state index in [0.717, 1.165) is 5.69 Å². The Hall–Kier alpha value is -2.03. The maximum Gasteiger partial charge on any atom is 0.125 e. The van der Waals surface area contributed by atoms with E-state index in [2.05, 4.69) is 43.4 Å². The van der Waals surface area contributed by atoms with E-state index in [0.29, 0.717) is 18.2 Å². The highest BCUT2D eigenvalue weighted by molar-refractivity contribution is 5.65. The first-order valence-electron chi connectivity index (χ1n) is 6.44. The van der Waals surface area contributed by atoms with Gasteiger partial charge >= 0.3 is 0 Å². The highest BCUT2D eigenvalue weighted by atomic mass is 19.1. The number of benzene rings is 2. The van der Waals surface area contributed by atoms with Crippen molar-refractivity contribution < 1.29 is 4.39 Å². The SMILES string of the molecule is CC(C)c1ccc(CNc2ccc(F)cc2N)cc1. The van der Waals surface area contributed by atoms with Crippen LogP contribution in [0.25, 0.3) is 0 Å². The molecule has 2 nitrogen and oxygen atoms in total. The number of rotatable bonds is 4. The molecule has 0 fully saturated rings. The number of nitrogens with two attached hydrogens (primary N) is 1. The van der Waals surface area contributed by atoms with Gasteiger partial charge in [-0.05, 0) is 35.2 Å². The molecule has 0 unspecified atom stereocenters. The lowest BCUT2D eigenvalue weighted by Gasteiger charge is -2.10. The molecule has 2 aromatic carbocycles. The van der Waals surface area contributed by atoms with E-state index in [-0.39, 0.29) is 5.82 Å². The summed E-state index contributed by atoms with van der Waals surface area (Å²) >= 11 is 0. The molecule has 0 radical (unpaired) electrons. The largest absolute Gasteiger partial charge is 0.397 e. The second-order valence-electron chi connectivity index (χ2n) is 4.98. The Labute approximate surface area is 113 Å². The molecule has 3 N–H and O–H groups in total. The van der Waals surface area contributed by atoms with Gasteiger partial charge in [-0.2, -0.15) is 0 Å². The molecule has 3 heteroatoms. The fraction of sp³-hybridized carbons (Fsp3) is 0.250. The number of hydrogen-bond donors (Lipinski definition) is 2. The summed E-state index contributed by atoms with van der Waals surface area (Å²) in [5, 5.41) is 3.21. The van der Waals surface area contributed by atoms with Crippen LogP contribution in [0.3, 0.4) is 0 Å². The smallest absolute Gasteiger partial charge is 0.125 e. The van der Waals surface area contributed by atoms with Crippen LogP contribution in [-0.2, 0) is 6.54 Å². The average Bonchev–Trinajstić information content (AvgIpc) is 2.38. The lowest BCUT2D eigenvalue weighted by molar-refractivity contribution is 0.628. The Morgan fingerprint density at radius 3 is 2.37 bits per heavy atom. The third-order valence-corrected chi connectivity index (χ3v) is 3.14. The summed E-state index contributed by atoms with van der Waals surface area (Å²) in [4.78, 5) is 0. The minimum absolute atomic E-state index is 0.315. The van der Waals surface area contributed by atoms with Crippen LogP contribution >= 0.6 is 0 Å². The van der Waals surface area contributed by atoms with E-state index in [1.54, 1.807) is 6.07 Å². The molecule has 0 aromatic heterocycles. The second kappa shape index (κ2) is 5.74. The predicted octanol–water partition coefficient (Wildman–Crippen LogP) is 4.14. The molecule has 0 aliphatic carbocycles. The predicted molar refractivity (Wildman–Crippen MR) is 78.7 cm³/mol. The van der Waals surface area contributed by atoms with Crippen molar-refractivity contribution in [3.05, 3.63) is 59.4 Å². The molecule has 2 aromatic rings. The van der Waals surface area contributed by atoms with Gasteiger partial charge in [0.15, 0.2) is 0 Å². The van der Waals surface area contributed by atoms with Crippen LogP contribution in [0, 0.1) is 5.82 Å². The first-order chi connectivity index (χ1) is 9.06. The van der Waals surface area contributed by atoms with E-state index in [1.807, 2.05) is 0 Å². The fourth-order valence-electron chi connectivity index (χ4n) is 1.91. The van der Waals surface area contributed by atoms with Crippen molar-refractivity contribution in [1.29, 1.82) is 0 Å². The van der Waals surface area contributed by atoms with E-state index in [1.165, 1.54) is 23.3 Å². The quantitative estimate of drug-likeness (QED) is 0.809. The van der Waals surface area contributed by atoms with E-state index >= 15 is 0 Å². The highest BCUT2D eigenvalue weighted by Crippen LogP contribution is 2.20. The molecule has 0 saturated heterocycles. The molecule has 0 spiro atoms. The normalized spacial score (nSPS) is 10.7. The number of halogens is 1. The van der Waals surface area contributed by atoms with Gasteiger partial charge < -0.3 is 11.1 Å². The van der Waals surface area contributed by atoms with Gasteiger partial charge in [-0.3, -0.25) is 0 Å². The Balaban J connectivity index is 2.02. The molecule has 0 aliphatic rings. The zero-order valence-corrected chi connectivity index (χ0v) is 11.3. The van der Waals surface area contributed by atoms with E-state index < -0.39 is 0 Å². The number of nitrogens with one attached hydrogen (secondary N) is 1. The Kier molecular flexibility index (Phi) is 4.05. The van der Waals surface area contributed by atoms with Crippen LogP contribution in [-0.4, -0.2) is 0 Å². The molecule has 19 heavy (non-hydrogen) atoms.